The molecule has 2 aliphatic rings. The van der Waals surface area contributed by atoms with Crippen LogP contribution in [-0.4, -0.2) is 60.0 Å². The highest BCUT2D eigenvalue weighted by molar-refractivity contribution is 5.93. The molecule has 216 valence electrons. The number of nitrogens with one attached hydrogen (secondary N) is 5. The third kappa shape index (κ3) is 10.4. The van der Waals surface area contributed by atoms with Crippen LogP contribution in [0, 0.1) is 23.2 Å². The summed E-state index contributed by atoms with van der Waals surface area (Å²) in [5.74, 6) is -3.74. The number of fused-ring (bicyclic) bond motifs is 11. The number of hydrogen-bond acceptors (Lipinski definition) is 7. The first-order valence-electron chi connectivity index (χ1n) is 13.2. The number of hydroxylamine groups is 1. The smallest absolute Gasteiger partial charge is 0.247 e. The van der Waals surface area contributed by atoms with Gasteiger partial charge in [-0.2, -0.15) is 0 Å². The second-order valence-electron chi connectivity index (χ2n) is 10.2. The molecule has 3 rings (SSSR count). The van der Waals surface area contributed by atoms with Crippen molar-refractivity contribution in [2.75, 3.05) is 13.2 Å². The van der Waals surface area contributed by atoms with Crippen molar-refractivity contribution >= 4 is 29.6 Å². The number of amides is 4. The molecule has 0 aromatic heterocycles. The highest BCUT2D eigenvalue weighted by Crippen LogP contribution is 2.27. The molecule has 1 aromatic rings. The Labute approximate surface area is 228 Å². The Hall–Kier alpha value is -3.87. The van der Waals surface area contributed by atoms with Crippen LogP contribution in [0.15, 0.2) is 24.3 Å². The Morgan fingerprint density at radius 1 is 1.18 bits per heavy atom. The van der Waals surface area contributed by atoms with E-state index in [0.717, 1.165) is 5.56 Å². The van der Waals surface area contributed by atoms with Crippen LogP contribution < -0.4 is 37.6 Å². The minimum Gasteiger partial charge on any atom is -0.494 e. The molecule has 0 radical (unpaired) electrons. The van der Waals surface area contributed by atoms with Gasteiger partial charge in [-0.05, 0) is 55.7 Å². The van der Waals surface area contributed by atoms with E-state index in [1.165, 1.54) is 0 Å². The molecule has 2 heterocycles. The molecular weight excluding hydrogens is 506 g/mol. The second kappa shape index (κ2) is 15.5. The third-order valence-electron chi connectivity index (χ3n) is 6.56. The van der Waals surface area contributed by atoms with Gasteiger partial charge in [0.2, 0.25) is 23.6 Å². The fourth-order valence-electron chi connectivity index (χ4n) is 4.59. The van der Waals surface area contributed by atoms with Crippen molar-refractivity contribution in [3.63, 3.8) is 0 Å². The molecule has 1 aromatic carbocycles. The van der Waals surface area contributed by atoms with E-state index in [0.29, 0.717) is 38.2 Å². The third-order valence-corrected chi connectivity index (χ3v) is 6.56. The average molecular weight is 548 g/mol. The van der Waals surface area contributed by atoms with Crippen molar-refractivity contribution in [1.82, 2.24) is 21.4 Å². The van der Waals surface area contributed by atoms with Gasteiger partial charge in [0.25, 0.3) is 0 Å². The molecule has 4 atom stereocenters. The zero-order chi connectivity index (χ0) is 28.9. The molecule has 0 fully saturated rings. The predicted octanol–water partition coefficient (Wildman–Crippen LogP) is -0.0962. The molecule has 4 amide bonds. The Morgan fingerprint density at radius 3 is 2.46 bits per heavy atom. The molecular formula is C26H41N7O6. The van der Waals surface area contributed by atoms with Crippen LogP contribution in [-0.2, 0) is 25.6 Å². The van der Waals surface area contributed by atoms with Crippen LogP contribution in [0.4, 0.5) is 0 Å². The normalized spacial score (nSPS) is 20.6. The quantitative estimate of drug-likeness (QED) is 0.0648. The first-order chi connectivity index (χ1) is 18.5. The molecule has 0 saturated heterocycles. The Kier molecular flexibility index (Phi) is 12.5. The lowest BCUT2D eigenvalue weighted by atomic mass is 9.81. The lowest BCUT2D eigenvalue weighted by Crippen LogP contribution is -2.55. The maximum absolute atomic E-state index is 13.6. The van der Waals surface area contributed by atoms with E-state index in [2.05, 4.69) is 16.0 Å². The van der Waals surface area contributed by atoms with Gasteiger partial charge in [0.1, 0.15) is 17.8 Å². The van der Waals surface area contributed by atoms with Gasteiger partial charge in [0.05, 0.1) is 12.5 Å². The van der Waals surface area contributed by atoms with Crippen molar-refractivity contribution < 1.29 is 29.1 Å². The predicted molar refractivity (Wildman–Crippen MR) is 143 cm³/mol. The summed E-state index contributed by atoms with van der Waals surface area (Å²) in [4.78, 5) is 51.7. The number of ether oxygens (including phenoxy) is 1. The molecule has 0 aliphatic carbocycles. The summed E-state index contributed by atoms with van der Waals surface area (Å²) in [6.07, 6.45) is 1.80. The zero-order valence-electron chi connectivity index (χ0n) is 22.5. The van der Waals surface area contributed by atoms with E-state index in [1.54, 1.807) is 29.7 Å². The molecule has 0 spiro atoms. The van der Waals surface area contributed by atoms with Crippen LogP contribution in [0.5, 0.6) is 5.75 Å². The Morgan fingerprint density at radius 2 is 1.87 bits per heavy atom. The fraction of sp³-hybridized carbons (Fsp3) is 0.577. The summed E-state index contributed by atoms with van der Waals surface area (Å²) < 4.78 is 5.77. The zero-order valence-corrected chi connectivity index (χ0v) is 22.5. The van der Waals surface area contributed by atoms with Crippen molar-refractivity contribution in [3.8, 4) is 5.75 Å². The van der Waals surface area contributed by atoms with E-state index in [1.807, 2.05) is 13.8 Å². The van der Waals surface area contributed by atoms with Crippen molar-refractivity contribution in [2.24, 2.45) is 29.2 Å². The lowest BCUT2D eigenvalue weighted by molar-refractivity contribution is -0.142. The molecule has 13 nitrogen and oxygen atoms in total. The minimum absolute atomic E-state index is 0.0480. The van der Waals surface area contributed by atoms with Gasteiger partial charge < -0.3 is 32.2 Å². The van der Waals surface area contributed by atoms with E-state index < -0.39 is 47.5 Å². The van der Waals surface area contributed by atoms with Gasteiger partial charge in [-0.1, -0.05) is 26.0 Å². The van der Waals surface area contributed by atoms with Gasteiger partial charge >= 0.3 is 0 Å². The average Bonchev–Trinajstić information content (AvgIpc) is 2.88. The number of nitrogens with two attached hydrogens (primary N) is 2. The standard InChI is InChI=1S/C26H41N7O6/c1-15(2)13-19-18(24(36)33-38)5-4-12-39-17-9-7-16(8-10-17)14-21(32-23(19)35)25(37)31-20(22(27)34)6-3-11-30-26(28)29/h7-10,15,18-21,38H,3-6,11-14H2,1-2H3,(H2,27,34)(H,31,37)(H,32,35)(H,33,36)(H4,28,29,30)/t18?,19-,20+,21+/m1/s1. The number of benzene rings is 1. The summed E-state index contributed by atoms with van der Waals surface area (Å²) in [6, 6.07) is 5.01. The van der Waals surface area contributed by atoms with Crippen LogP contribution in [0.1, 0.15) is 51.5 Å². The number of rotatable bonds is 10. The first-order valence-corrected chi connectivity index (χ1v) is 13.2. The monoisotopic (exact) mass is 547 g/mol. The Bertz CT molecular complexity index is 1000. The molecule has 2 bridgehead atoms. The van der Waals surface area contributed by atoms with E-state index in [4.69, 9.17) is 21.6 Å². The van der Waals surface area contributed by atoms with Crippen LogP contribution in [0.25, 0.3) is 0 Å². The van der Waals surface area contributed by atoms with Crippen LogP contribution in [0.3, 0.4) is 0 Å². The topological polar surface area (TPSA) is 222 Å². The summed E-state index contributed by atoms with van der Waals surface area (Å²) >= 11 is 0. The summed E-state index contributed by atoms with van der Waals surface area (Å²) in [5, 5.41) is 24.6. The van der Waals surface area contributed by atoms with Gasteiger partial charge in [0.15, 0.2) is 5.96 Å². The van der Waals surface area contributed by atoms with Crippen LogP contribution >= 0.6 is 0 Å². The van der Waals surface area contributed by atoms with Gasteiger partial charge in [-0.15, -0.1) is 0 Å². The molecule has 13 heteroatoms. The van der Waals surface area contributed by atoms with Gasteiger partial charge in [-0.3, -0.25) is 29.8 Å². The largest absolute Gasteiger partial charge is 0.494 e. The SMILES string of the molecule is CC(C)C[C@H]1C(=O)N[C@H](C(=O)N[C@@H](CCCNC(=N)N)C(N)=O)Cc2ccc(cc2)OCCCC1C(=O)NO. The highest BCUT2D eigenvalue weighted by atomic mass is 16.5. The molecule has 39 heavy (non-hydrogen) atoms. The van der Waals surface area contributed by atoms with Gasteiger partial charge in [-0.25, -0.2) is 5.48 Å². The van der Waals surface area contributed by atoms with Gasteiger partial charge in [0, 0.05) is 18.9 Å². The number of primary amides is 1. The van der Waals surface area contributed by atoms with E-state index in [-0.39, 0.29) is 31.1 Å². The van der Waals surface area contributed by atoms with E-state index >= 15 is 0 Å². The number of hydrogen-bond donors (Lipinski definition) is 8. The second-order valence-corrected chi connectivity index (χ2v) is 10.2. The fourth-order valence-corrected chi connectivity index (χ4v) is 4.59. The number of guanidine groups is 1. The van der Waals surface area contributed by atoms with Crippen molar-refractivity contribution in [3.05, 3.63) is 29.8 Å². The molecule has 2 aliphatic heterocycles. The van der Waals surface area contributed by atoms with E-state index in [9.17, 15) is 24.4 Å². The maximum atomic E-state index is 13.6. The summed E-state index contributed by atoms with van der Waals surface area (Å²) in [7, 11) is 0. The molecule has 0 saturated carbocycles. The minimum atomic E-state index is -1.07. The number of carbonyl (C=O) groups excluding carboxylic acids is 4. The summed E-state index contributed by atoms with van der Waals surface area (Å²) in [6.45, 7) is 4.47. The maximum Gasteiger partial charge on any atom is 0.247 e. The van der Waals surface area contributed by atoms with Crippen molar-refractivity contribution in [2.45, 2.75) is 64.5 Å². The van der Waals surface area contributed by atoms with Crippen LogP contribution in [0.2, 0.25) is 0 Å². The van der Waals surface area contributed by atoms with Crippen molar-refractivity contribution in [1.29, 1.82) is 5.41 Å². The molecule has 1 unspecified atom stereocenters. The lowest BCUT2D eigenvalue weighted by Gasteiger charge is -2.29. The highest BCUT2D eigenvalue weighted by Gasteiger charge is 2.36. The molecule has 10 N–H and O–H groups in total. The summed E-state index contributed by atoms with van der Waals surface area (Å²) in [5.41, 5.74) is 13.2. The number of carbonyl (C=O) groups is 4. The first kappa shape index (κ1) is 31.3. The Balaban J connectivity index is 2.34.